The molecule has 1 aliphatic rings. The first-order chi connectivity index (χ1) is 9.04. The fourth-order valence-electron chi connectivity index (χ4n) is 2.20. The average molecular weight is 264 g/mol. The summed E-state index contributed by atoms with van der Waals surface area (Å²) in [4.78, 5) is 24.7. The third-order valence-corrected chi connectivity index (χ3v) is 3.29. The van der Waals surface area contributed by atoms with Gasteiger partial charge in [0.1, 0.15) is 5.82 Å². The summed E-state index contributed by atoms with van der Waals surface area (Å²) in [7, 11) is 1.77. The molecule has 0 aliphatic carbocycles. The first-order valence-electron chi connectivity index (χ1n) is 6.29. The van der Waals surface area contributed by atoms with Crippen molar-refractivity contribution in [3.63, 3.8) is 0 Å². The van der Waals surface area contributed by atoms with Crippen LogP contribution in [0.25, 0.3) is 0 Å². The SMILES string of the molecule is CN1CC(CNC(=O)Cc2ccc(F)cc2)CC1=O. The van der Waals surface area contributed by atoms with E-state index in [0.717, 1.165) is 5.56 Å². The second kappa shape index (κ2) is 5.82. The van der Waals surface area contributed by atoms with Crippen LogP contribution in [-0.4, -0.2) is 36.9 Å². The zero-order valence-electron chi connectivity index (χ0n) is 10.9. The predicted octanol–water partition coefficient (Wildman–Crippen LogP) is 0.963. The Morgan fingerprint density at radius 2 is 2.11 bits per heavy atom. The summed E-state index contributed by atoms with van der Waals surface area (Å²) in [6, 6.07) is 5.88. The molecule has 0 bridgehead atoms. The van der Waals surface area contributed by atoms with Crippen molar-refractivity contribution >= 4 is 11.8 Å². The highest BCUT2D eigenvalue weighted by molar-refractivity contribution is 5.80. The molecular formula is C14H17FN2O2. The number of hydrogen-bond donors (Lipinski definition) is 1. The fraction of sp³-hybridized carbons (Fsp3) is 0.429. The molecule has 1 fully saturated rings. The number of carbonyl (C=O) groups is 2. The molecule has 1 unspecified atom stereocenters. The molecule has 2 amide bonds. The molecule has 1 N–H and O–H groups in total. The molecule has 0 radical (unpaired) electrons. The smallest absolute Gasteiger partial charge is 0.224 e. The topological polar surface area (TPSA) is 49.4 Å². The number of halogens is 1. The van der Waals surface area contributed by atoms with E-state index in [1.165, 1.54) is 12.1 Å². The maximum atomic E-state index is 12.7. The Balaban J connectivity index is 1.76. The Morgan fingerprint density at radius 1 is 1.42 bits per heavy atom. The van der Waals surface area contributed by atoms with E-state index in [4.69, 9.17) is 0 Å². The van der Waals surface area contributed by atoms with Crippen molar-refractivity contribution in [3.8, 4) is 0 Å². The zero-order chi connectivity index (χ0) is 13.8. The third kappa shape index (κ3) is 3.77. The lowest BCUT2D eigenvalue weighted by Gasteiger charge is -2.11. The number of hydrogen-bond acceptors (Lipinski definition) is 2. The summed E-state index contributed by atoms with van der Waals surface area (Å²) in [5.74, 6) is -0.0993. The fourth-order valence-corrected chi connectivity index (χ4v) is 2.20. The van der Waals surface area contributed by atoms with E-state index in [0.29, 0.717) is 19.5 Å². The number of benzene rings is 1. The molecule has 19 heavy (non-hydrogen) atoms. The lowest BCUT2D eigenvalue weighted by molar-refractivity contribution is -0.126. The molecule has 2 rings (SSSR count). The van der Waals surface area contributed by atoms with Gasteiger partial charge in [-0.1, -0.05) is 12.1 Å². The lowest BCUT2D eigenvalue weighted by atomic mass is 10.1. The van der Waals surface area contributed by atoms with Gasteiger partial charge in [-0.05, 0) is 17.7 Å². The number of nitrogens with zero attached hydrogens (tertiary/aromatic N) is 1. The molecular weight excluding hydrogens is 247 g/mol. The van der Waals surface area contributed by atoms with Gasteiger partial charge in [0.2, 0.25) is 11.8 Å². The van der Waals surface area contributed by atoms with E-state index in [9.17, 15) is 14.0 Å². The number of amides is 2. The molecule has 4 nitrogen and oxygen atoms in total. The minimum Gasteiger partial charge on any atom is -0.355 e. The molecule has 1 aliphatic heterocycles. The van der Waals surface area contributed by atoms with Gasteiger partial charge in [-0.15, -0.1) is 0 Å². The molecule has 1 heterocycles. The molecule has 1 aromatic rings. The van der Waals surface area contributed by atoms with Crippen LogP contribution in [0.1, 0.15) is 12.0 Å². The molecule has 1 aromatic carbocycles. The summed E-state index contributed by atoms with van der Waals surface area (Å²) in [5, 5.41) is 2.82. The first-order valence-corrected chi connectivity index (χ1v) is 6.29. The van der Waals surface area contributed by atoms with Crippen LogP contribution >= 0.6 is 0 Å². The highest BCUT2D eigenvalue weighted by Crippen LogP contribution is 2.14. The van der Waals surface area contributed by atoms with Gasteiger partial charge in [-0.2, -0.15) is 0 Å². The number of likely N-dealkylation sites (tertiary alicyclic amines) is 1. The minimum atomic E-state index is -0.309. The van der Waals surface area contributed by atoms with Crippen molar-refractivity contribution in [1.29, 1.82) is 0 Å². The Labute approximate surface area is 111 Å². The van der Waals surface area contributed by atoms with Crippen molar-refractivity contribution < 1.29 is 14.0 Å². The number of rotatable bonds is 4. The molecule has 102 valence electrons. The quantitative estimate of drug-likeness (QED) is 0.880. The summed E-state index contributed by atoms with van der Waals surface area (Å²) >= 11 is 0. The van der Waals surface area contributed by atoms with Crippen LogP contribution in [0.2, 0.25) is 0 Å². The van der Waals surface area contributed by atoms with Crippen molar-refractivity contribution in [1.82, 2.24) is 10.2 Å². The summed E-state index contributed by atoms with van der Waals surface area (Å²) in [5.41, 5.74) is 0.776. The zero-order valence-corrected chi connectivity index (χ0v) is 10.9. The summed E-state index contributed by atoms with van der Waals surface area (Å²) < 4.78 is 12.7. The van der Waals surface area contributed by atoms with Crippen molar-refractivity contribution in [2.45, 2.75) is 12.8 Å². The maximum Gasteiger partial charge on any atom is 0.224 e. The first kappa shape index (κ1) is 13.5. The molecule has 1 saturated heterocycles. The standard InChI is InChI=1S/C14H17FN2O2/c1-17-9-11(7-14(17)19)8-16-13(18)6-10-2-4-12(15)5-3-10/h2-5,11H,6-9H2,1H3,(H,16,18). The van der Waals surface area contributed by atoms with E-state index < -0.39 is 0 Å². The minimum absolute atomic E-state index is 0.103. The van der Waals surface area contributed by atoms with Gasteiger partial charge in [0.25, 0.3) is 0 Å². The lowest BCUT2D eigenvalue weighted by Crippen LogP contribution is -2.31. The Kier molecular flexibility index (Phi) is 4.14. The van der Waals surface area contributed by atoms with Crippen LogP contribution in [0.5, 0.6) is 0 Å². The van der Waals surface area contributed by atoms with E-state index in [1.54, 1.807) is 24.1 Å². The Morgan fingerprint density at radius 3 is 2.68 bits per heavy atom. The van der Waals surface area contributed by atoms with E-state index >= 15 is 0 Å². The Bertz CT molecular complexity index is 473. The number of carbonyl (C=O) groups excluding carboxylic acids is 2. The number of nitrogens with one attached hydrogen (secondary N) is 1. The van der Waals surface area contributed by atoms with Crippen LogP contribution in [0.15, 0.2) is 24.3 Å². The molecule has 0 saturated carbocycles. The molecule has 0 spiro atoms. The van der Waals surface area contributed by atoms with Gasteiger partial charge in [0.05, 0.1) is 6.42 Å². The van der Waals surface area contributed by atoms with Gasteiger partial charge in [-0.3, -0.25) is 9.59 Å². The van der Waals surface area contributed by atoms with Crippen LogP contribution in [0.4, 0.5) is 4.39 Å². The van der Waals surface area contributed by atoms with Crippen LogP contribution in [-0.2, 0) is 16.0 Å². The van der Waals surface area contributed by atoms with Crippen LogP contribution in [0, 0.1) is 11.7 Å². The monoisotopic (exact) mass is 264 g/mol. The normalized spacial score (nSPS) is 18.7. The summed E-state index contributed by atoms with van der Waals surface area (Å²) in [6.45, 7) is 1.20. The largest absolute Gasteiger partial charge is 0.355 e. The van der Waals surface area contributed by atoms with Crippen molar-refractivity contribution in [2.75, 3.05) is 20.1 Å². The molecule has 5 heteroatoms. The van der Waals surface area contributed by atoms with Gasteiger partial charge >= 0.3 is 0 Å². The van der Waals surface area contributed by atoms with E-state index in [-0.39, 0.29) is 30.0 Å². The van der Waals surface area contributed by atoms with Gasteiger partial charge in [0, 0.05) is 32.5 Å². The third-order valence-electron chi connectivity index (χ3n) is 3.29. The van der Waals surface area contributed by atoms with Crippen LogP contribution in [0.3, 0.4) is 0 Å². The van der Waals surface area contributed by atoms with Gasteiger partial charge < -0.3 is 10.2 Å². The summed E-state index contributed by atoms with van der Waals surface area (Å²) in [6.07, 6.45) is 0.726. The second-order valence-corrected chi connectivity index (χ2v) is 4.95. The Hall–Kier alpha value is -1.91. The van der Waals surface area contributed by atoms with E-state index in [2.05, 4.69) is 5.32 Å². The maximum absolute atomic E-state index is 12.7. The molecule has 1 atom stereocenters. The predicted molar refractivity (Wildman–Crippen MR) is 68.9 cm³/mol. The van der Waals surface area contributed by atoms with E-state index in [1.807, 2.05) is 0 Å². The van der Waals surface area contributed by atoms with Crippen molar-refractivity contribution in [3.05, 3.63) is 35.6 Å². The van der Waals surface area contributed by atoms with Crippen LogP contribution < -0.4 is 5.32 Å². The highest BCUT2D eigenvalue weighted by Gasteiger charge is 2.26. The van der Waals surface area contributed by atoms with Gasteiger partial charge in [-0.25, -0.2) is 4.39 Å². The average Bonchev–Trinajstić information content (AvgIpc) is 2.69. The molecule has 0 aromatic heterocycles. The second-order valence-electron chi connectivity index (χ2n) is 4.95. The van der Waals surface area contributed by atoms with Crippen molar-refractivity contribution in [2.24, 2.45) is 5.92 Å². The highest BCUT2D eigenvalue weighted by atomic mass is 19.1. The van der Waals surface area contributed by atoms with Gasteiger partial charge in [0.15, 0.2) is 0 Å².